The number of rotatable bonds is 5. The van der Waals surface area contributed by atoms with Crippen LogP contribution in [0.15, 0.2) is 132 Å². The first kappa shape index (κ1) is 24.7. The number of carbonyl (C=O) groups excluding carboxylic acids is 1. The molecule has 0 radical (unpaired) electrons. The van der Waals surface area contributed by atoms with Crippen LogP contribution in [0.5, 0.6) is 11.5 Å². The van der Waals surface area contributed by atoms with Crippen molar-refractivity contribution in [3.8, 4) is 11.5 Å². The van der Waals surface area contributed by atoms with E-state index in [9.17, 15) is 4.79 Å². The van der Waals surface area contributed by atoms with Crippen molar-refractivity contribution in [2.75, 3.05) is 10.6 Å². The summed E-state index contributed by atoms with van der Waals surface area (Å²) in [5.41, 5.74) is 5.80. The highest BCUT2D eigenvalue weighted by Gasteiger charge is 2.53. The molecule has 1 spiro atoms. The van der Waals surface area contributed by atoms with Crippen molar-refractivity contribution in [1.29, 1.82) is 0 Å². The van der Waals surface area contributed by atoms with E-state index in [0.29, 0.717) is 17.1 Å². The van der Waals surface area contributed by atoms with E-state index in [4.69, 9.17) is 9.47 Å². The number of benzene rings is 5. The van der Waals surface area contributed by atoms with E-state index in [0.717, 1.165) is 50.2 Å². The standard InChI is InChI=1S/C36H28N2O3/c1-3-9-30-23(2)35(39)41-36(30)31-21-19-28(38-27-17-15-26(16-18-27)37-25-11-5-4-6-12-25)22-33(31)40-34-29-13-8-7-10-24(29)14-20-32(34)36/h3-22,37-38H,1-2H3/b9-3-. The zero-order chi connectivity index (χ0) is 28.0. The van der Waals surface area contributed by atoms with Crippen LogP contribution in [0.4, 0.5) is 22.7 Å². The zero-order valence-electron chi connectivity index (χ0n) is 22.8. The number of allylic oxidation sites excluding steroid dienone is 1. The first-order valence-corrected chi connectivity index (χ1v) is 13.7. The van der Waals surface area contributed by atoms with Gasteiger partial charge >= 0.3 is 5.97 Å². The van der Waals surface area contributed by atoms with Crippen molar-refractivity contribution >= 4 is 39.5 Å². The van der Waals surface area contributed by atoms with Crippen molar-refractivity contribution in [3.05, 3.63) is 144 Å². The normalized spacial score (nSPS) is 17.4. The molecule has 200 valence electrons. The minimum absolute atomic E-state index is 0.323. The Labute approximate surface area is 238 Å². The summed E-state index contributed by atoms with van der Waals surface area (Å²) >= 11 is 0. The maximum absolute atomic E-state index is 13.1. The second kappa shape index (κ2) is 9.72. The van der Waals surface area contributed by atoms with E-state index in [-0.39, 0.29) is 5.97 Å². The lowest BCUT2D eigenvalue weighted by atomic mass is 9.76. The summed E-state index contributed by atoms with van der Waals surface area (Å²) in [4.78, 5) is 13.1. The van der Waals surface area contributed by atoms with E-state index >= 15 is 0 Å². The molecule has 2 aliphatic heterocycles. The van der Waals surface area contributed by atoms with E-state index in [1.807, 2.05) is 123 Å². The van der Waals surface area contributed by atoms with Crippen LogP contribution in [0.2, 0.25) is 0 Å². The fraction of sp³-hybridized carbons (Fsp3) is 0.0833. The van der Waals surface area contributed by atoms with Gasteiger partial charge in [0, 0.05) is 56.5 Å². The molecule has 0 fully saturated rings. The number of anilines is 4. The minimum Gasteiger partial charge on any atom is -0.456 e. The molecule has 41 heavy (non-hydrogen) atoms. The molecule has 5 aromatic rings. The quantitative estimate of drug-likeness (QED) is 0.219. The summed E-state index contributed by atoms with van der Waals surface area (Å²) in [6, 6.07) is 36.4. The highest BCUT2D eigenvalue weighted by Crippen LogP contribution is 2.58. The van der Waals surface area contributed by atoms with Crippen molar-refractivity contribution in [2.24, 2.45) is 0 Å². The van der Waals surface area contributed by atoms with Crippen molar-refractivity contribution < 1.29 is 14.3 Å². The maximum atomic E-state index is 13.1. The van der Waals surface area contributed by atoms with Gasteiger partial charge in [0.1, 0.15) is 11.5 Å². The van der Waals surface area contributed by atoms with Crippen molar-refractivity contribution in [1.82, 2.24) is 0 Å². The molecule has 0 aliphatic carbocycles. The summed E-state index contributed by atoms with van der Waals surface area (Å²) in [5, 5.41) is 8.93. The van der Waals surface area contributed by atoms with Crippen LogP contribution >= 0.6 is 0 Å². The molecule has 5 nitrogen and oxygen atoms in total. The summed E-state index contributed by atoms with van der Waals surface area (Å²) in [6.45, 7) is 3.78. The molecule has 2 heterocycles. The Balaban J connectivity index is 1.29. The maximum Gasteiger partial charge on any atom is 0.335 e. The average molecular weight is 537 g/mol. The molecule has 2 aliphatic rings. The summed E-state index contributed by atoms with van der Waals surface area (Å²) in [5.74, 6) is 1.02. The van der Waals surface area contributed by atoms with Crippen molar-refractivity contribution in [3.63, 3.8) is 0 Å². The number of esters is 1. The number of fused-ring (bicyclic) bond motifs is 6. The largest absolute Gasteiger partial charge is 0.456 e. The Kier molecular flexibility index (Phi) is 5.86. The molecule has 7 rings (SSSR count). The molecule has 1 unspecified atom stereocenters. The van der Waals surface area contributed by atoms with Crippen LogP contribution in [0, 0.1) is 0 Å². The second-order valence-electron chi connectivity index (χ2n) is 10.3. The predicted octanol–water partition coefficient (Wildman–Crippen LogP) is 9.13. The van der Waals surface area contributed by atoms with Gasteiger partial charge in [0.25, 0.3) is 0 Å². The minimum atomic E-state index is -1.09. The number of nitrogens with one attached hydrogen (secondary N) is 2. The van der Waals surface area contributed by atoms with Gasteiger partial charge in [-0.15, -0.1) is 0 Å². The molecule has 2 N–H and O–H groups in total. The van der Waals surface area contributed by atoms with Gasteiger partial charge in [-0.05, 0) is 73.8 Å². The molecule has 0 saturated heterocycles. The third-order valence-electron chi connectivity index (χ3n) is 7.74. The Morgan fingerprint density at radius 3 is 2.10 bits per heavy atom. The zero-order valence-corrected chi connectivity index (χ0v) is 22.8. The van der Waals surface area contributed by atoms with Gasteiger partial charge in [0.05, 0.1) is 0 Å². The lowest BCUT2D eigenvalue weighted by Crippen LogP contribution is -2.34. The van der Waals surface area contributed by atoms with Gasteiger partial charge in [-0.3, -0.25) is 0 Å². The monoisotopic (exact) mass is 536 g/mol. The highest BCUT2D eigenvalue weighted by molar-refractivity contribution is 5.97. The first-order chi connectivity index (χ1) is 20.1. The van der Waals surface area contributed by atoms with Gasteiger partial charge in [-0.25, -0.2) is 4.79 Å². The van der Waals surface area contributed by atoms with Crippen molar-refractivity contribution in [2.45, 2.75) is 19.4 Å². The molecular weight excluding hydrogens is 508 g/mol. The summed E-state index contributed by atoms with van der Waals surface area (Å²) in [7, 11) is 0. The number of hydrogen-bond acceptors (Lipinski definition) is 5. The Morgan fingerprint density at radius 1 is 0.707 bits per heavy atom. The van der Waals surface area contributed by atoms with Crippen LogP contribution in [0.3, 0.4) is 0 Å². The molecule has 5 heteroatoms. The third-order valence-corrected chi connectivity index (χ3v) is 7.74. The number of hydrogen-bond donors (Lipinski definition) is 2. The summed E-state index contributed by atoms with van der Waals surface area (Å²) < 4.78 is 13.0. The Morgan fingerprint density at radius 2 is 1.34 bits per heavy atom. The van der Waals surface area contributed by atoms with E-state index in [1.165, 1.54) is 0 Å². The highest BCUT2D eigenvalue weighted by atomic mass is 16.6. The van der Waals surface area contributed by atoms with Crippen LogP contribution in [0.25, 0.3) is 10.8 Å². The lowest BCUT2D eigenvalue weighted by Gasteiger charge is -2.38. The SMILES string of the molecule is C/C=C\C1=C(C)C(=O)OC12c1ccc(Nc3ccc(Nc4ccccc4)cc3)cc1Oc1c2ccc2ccccc12. The van der Waals surface area contributed by atoms with Crippen LogP contribution in [0.1, 0.15) is 25.0 Å². The number of ether oxygens (including phenoxy) is 2. The van der Waals surface area contributed by atoms with Gasteiger partial charge in [-0.2, -0.15) is 0 Å². The predicted molar refractivity (Wildman–Crippen MR) is 164 cm³/mol. The van der Waals surface area contributed by atoms with Crippen LogP contribution in [-0.4, -0.2) is 5.97 Å². The first-order valence-electron chi connectivity index (χ1n) is 13.7. The molecule has 1 atom stereocenters. The number of para-hydroxylation sites is 1. The Bertz CT molecular complexity index is 1870. The summed E-state index contributed by atoms with van der Waals surface area (Å²) in [6.07, 6.45) is 3.93. The topological polar surface area (TPSA) is 59.6 Å². The van der Waals surface area contributed by atoms with Gasteiger partial charge in [0.2, 0.25) is 0 Å². The van der Waals surface area contributed by atoms with Crippen LogP contribution < -0.4 is 15.4 Å². The molecule has 0 saturated carbocycles. The molecule has 0 bridgehead atoms. The Hall–Kier alpha value is -5.29. The van der Waals surface area contributed by atoms with E-state index < -0.39 is 5.60 Å². The molecular formula is C36H28N2O3. The molecule has 0 amide bonds. The smallest absolute Gasteiger partial charge is 0.335 e. The fourth-order valence-corrected chi connectivity index (χ4v) is 5.81. The van der Waals surface area contributed by atoms with Gasteiger partial charge in [-0.1, -0.05) is 60.7 Å². The van der Waals surface area contributed by atoms with E-state index in [1.54, 1.807) is 0 Å². The van der Waals surface area contributed by atoms with E-state index in [2.05, 4.69) is 22.8 Å². The van der Waals surface area contributed by atoms with Gasteiger partial charge in [0.15, 0.2) is 5.60 Å². The van der Waals surface area contributed by atoms with Gasteiger partial charge < -0.3 is 20.1 Å². The fourth-order valence-electron chi connectivity index (χ4n) is 5.81. The van der Waals surface area contributed by atoms with Crippen LogP contribution in [-0.2, 0) is 15.1 Å². The molecule has 0 aromatic heterocycles. The molecule has 5 aromatic carbocycles. The number of carbonyl (C=O) groups is 1. The lowest BCUT2D eigenvalue weighted by molar-refractivity contribution is -0.145. The average Bonchev–Trinajstić information content (AvgIpc) is 3.24. The second-order valence-corrected chi connectivity index (χ2v) is 10.3. The third kappa shape index (κ3) is 4.05.